The Kier molecular flexibility index (Phi) is 1.36. The van der Waals surface area contributed by atoms with Gasteiger partial charge in [-0.3, -0.25) is 0 Å². The zero-order valence-electron chi connectivity index (χ0n) is 20.1. The van der Waals surface area contributed by atoms with Crippen molar-refractivity contribution >= 4 is 0 Å². The summed E-state index contributed by atoms with van der Waals surface area (Å²) in [7, 11) is -1.19. The number of hydrogen-bond donors (Lipinski definition) is 1. The summed E-state index contributed by atoms with van der Waals surface area (Å²) >= 11 is 0. The molecule has 2 bridgehead atoms. The number of likely N-dealkylation sites (N-methyl/N-ethyl adjacent to an activating group) is 1. The van der Waals surface area contributed by atoms with Gasteiger partial charge in [-0.25, -0.2) is 0 Å². The Morgan fingerprint density at radius 1 is 1.55 bits per heavy atom. The van der Waals surface area contributed by atoms with Crippen LogP contribution >= 0.6 is 0 Å². The molecule has 4 heteroatoms. The average Bonchev–Trinajstić information content (AvgIpc) is 2.98. The summed E-state index contributed by atoms with van der Waals surface area (Å²) in [6.07, 6.45) is -0.809. The van der Waals surface area contributed by atoms with Gasteiger partial charge in [-0.15, -0.1) is 0 Å². The number of nitrogens with zero attached hydrogens (tertiary/aromatic N) is 1. The zero-order valence-corrected chi connectivity index (χ0v) is 12.1. The standard InChI is InChI=1S/C18H21NO3/c1-19-8-7-18-11-4-5-13(20)17(18)22-16-14(21-2)6-3-10(15(16)18)9-12(11)19/h3-6,11-13,17,20H,7-9H2,1-2H3/t11-,12+,13?,17?,18-/m0/s1/i2D3,3D,6D,11D,12D,13D. The lowest BCUT2D eigenvalue weighted by Crippen LogP contribution is -2.64. The summed E-state index contributed by atoms with van der Waals surface area (Å²) in [5, 5.41) is 10.8. The molecular weight excluding hydrogens is 278 g/mol. The summed E-state index contributed by atoms with van der Waals surface area (Å²) in [6.45, 7) is 0.387. The van der Waals surface area contributed by atoms with Gasteiger partial charge in [0.1, 0.15) is 12.2 Å². The van der Waals surface area contributed by atoms with Gasteiger partial charge in [-0.05, 0) is 38.0 Å². The highest BCUT2D eigenvalue weighted by molar-refractivity contribution is 5.62. The minimum absolute atomic E-state index is 0.0489. The van der Waals surface area contributed by atoms with Crippen molar-refractivity contribution in [3.8, 4) is 11.5 Å². The third kappa shape index (κ3) is 1.28. The highest BCUT2D eigenvalue weighted by Gasteiger charge is 2.64. The lowest BCUT2D eigenvalue weighted by atomic mass is 9.53. The molecule has 1 spiro atoms. The quantitative estimate of drug-likeness (QED) is 0.799. The predicted molar refractivity (Wildman–Crippen MR) is 82.5 cm³/mol. The third-order valence-electron chi connectivity index (χ3n) is 5.42. The van der Waals surface area contributed by atoms with Crippen molar-refractivity contribution in [2.75, 3.05) is 20.6 Å². The Labute approximate surface area is 141 Å². The van der Waals surface area contributed by atoms with E-state index < -0.39 is 48.3 Å². The van der Waals surface area contributed by atoms with Gasteiger partial charge in [-0.2, -0.15) is 0 Å². The maximum Gasteiger partial charge on any atom is 0.165 e. The summed E-state index contributed by atoms with van der Waals surface area (Å²) in [5.41, 5.74) is -0.717. The van der Waals surface area contributed by atoms with Gasteiger partial charge >= 0.3 is 0 Å². The van der Waals surface area contributed by atoms with Crippen molar-refractivity contribution in [1.82, 2.24) is 4.90 Å². The molecular formula is C18H21NO3. The van der Waals surface area contributed by atoms with E-state index in [9.17, 15) is 7.85 Å². The summed E-state index contributed by atoms with van der Waals surface area (Å²) < 4.78 is 77.3. The molecule has 2 unspecified atom stereocenters. The molecule has 5 rings (SSSR count). The smallest absolute Gasteiger partial charge is 0.165 e. The lowest BCUT2D eigenvalue weighted by molar-refractivity contribution is -0.0453. The van der Waals surface area contributed by atoms with Crippen LogP contribution in [0, 0.1) is 5.89 Å². The molecule has 4 nitrogen and oxygen atoms in total. The van der Waals surface area contributed by atoms with E-state index in [4.69, 9.17) is 17.7 Å². The second-order valence-electron chi connectivity index (χ2n) is 6.30. The molecule has 0 saturated carbocycles. The fraction of sp³-hybridized carbons (Fsp3) is 0.556. The summed E-state index contributed by atoms with van der Waals surface area (Å²) in [6, 6.07) is -2.30. The van der Waals surface area contributed by atoms with Crippen LogP contribution in [-0.2, 0) is 11.8 Å². The highest BCUT2D eigenvalue weighted by Crippen LogP contribution is 2.62. The minimum atomic E-state index is -2.91. The first-order chi connectivity index (χ1) is 13.7. The van der Waals surface area contributed by atoms with E-state index >= 15 is 0 Å². The number of benzene rings is 1. The van der Waals surface area contributed by atoms with Crippen molar-refractivity contribution < 1.29 is 25.5 Å². The van der Waals surface area contributed by atoms with Gasteiger partial charge in [-0.1, -0.05) is 18.2 Å². The molecule has 2 aliphatic carbocycles. The maximum absolute atomic E-state index is 10.8. The molecule has 0 radical (unpaired) electrons. The Morgan fingerprint density at radius 3 is 3.32 bits per heavy atom. The van der Waals surface area contributed by atoms with Gasteiger partial charge in [0, 0.05) is 25.6 Å². The minimum Gasteiger partial charge on any atom is -0.493 e. The Balaban J connectivity index is 1.91. The predicted octanol–water partition coefficient (Wildman–Crippen LogP) is 1.50. The van der Waals surface area contributed by atoms with Crippen LogP contribution in [0.3, 0.4) is 0 Å². The van der Waals surface area contributed by atoms with Gasteiger partial charge in [0.15, 0.2) is 11.5 Å². The van der Waals surface area contributed by atoms with E-state index in [2.05, 4.69) is 0 Å². The summed E-state index contributed by atoms with van der Waals surface area (Å²) in [5.74, 6) is -2.18. The Morgan fingerprint density at radius 2 is 2.45 bits per heavy atom. The van der Waals surface area contributed by atoms with Crippen LogP contribution in [0.5, 0.6) is 11.5 Å². The molecule has 2 aliphatic heterocycles. The molecule has 1 N–H and O–H groups in total. The monoisotopic (exact) mass is 307 g/mol. The Hall–Kier alpha value is -1.52. The van der Waals surface area contributed by atoms with Crippen molar-refractivity contribution in [2.45, 2.75) is 36.5 Å². The first-order valence-corrected chi connectivity index (χ1v) is 7.36. The van der Waals surface area contributed by atoms with Crippen LogP contribution in [-0.4, -0.2) is 48.8 Å². The number of methoxy groups -OCH3 is 1. The number of piperidine rings is 1. The van der Waals surface area contributed by atoms with Crippen molar-refractivity contribution in [3.05, 3.63) is 35.4 Å². The molecule has 1 aromatic rings. The van der Waals surface area contributed by atoms with Gasteiger partial charge in [0.25, 0.3) is 0 Å². The number of ether oxygens (including phenoxy) is 2. The number of aliphatic hydroxyl groups is 1. The molecule has 2 heterocycles. The first kappa shape index (κ1) is 7.37. The largest absolute Gasteiger partial charge is 0.493 e. The second-order valence-corrected chi connectivity index (χ2v) is 6.30. The van der Waals surface area contributed by atoms with Crippen LogP contribution in [0.1, 0.15) is 28.5 Å². The van der Waals surface area contributed by atoms with E-state index in [1.807, 2.05) is 0 Å². The third-order valence-corrected chi connectivity index (χ3v) is 5.42. The van der Waals surface area contributed by atoms with Crippen LogP contribution < -0.4 is 9.47 Å². The summed E-state index contributed by atoms with van der Waals surface area (Å²) in [4.78, 5) is 1.72. The molecule has 22 heavy (non-hydrogen) atoms. The van der Waals surface area contributed by atoms with Crippen LogP contribution in [0.2, 0.25) is 0 Å². The van der Waals surface area contributed by atoms with E-state index in [1.165, 1.54) is 6.08 Å². The van der Waals surface area contributed by atoms with Gasteiger partial charge in [0.05, 0.1) is 15.3 Å². The molecule has 116 valence electrons. The number of hydrogen-bond acceptors (Lipinski definition) is 4. The average molecular weight is 307 g/mol. The van der Waals surface area contributed by atoms with E-state index in [-0.39, 0.29) is 24.6 Å². The zero-order chi connectivity index (χ0) is 22.1. The van der Waals surface area contributed by atoms with E-state index in [0.717, 1.165) is 6.08 Å². The van der Waals surface area contributed by atoms with E-state index in [1.54, 1.807) is 11.9 Å². The molecule has 0 aromatic heterocycles. The molecule has 4 aliphatic rings. The van der Waals surface area contributed by atoms with Crippen molar-refractivity contribution in [2.24, 2.45) is 5.89 Å². The topological polar surface area (TPSA) is 41.9 Å². The number of rotatable bonds is 1. The fourth-order valence-electron chi connectivity index (χ4n) is 4.46. The second kappa shape index (κ2) is 4.06. The molecule has 1 saturated heterocycles. The first-order valence-electron chi connectivity index (χ1n) is 11.4. The van der Waals surface area contributed by atoms with Crippen molar-refractivity contribution in [1.29, 1.82) is 0 Å². The normalized spacial score (nSPS) is 56.9. The van der Waals surface area contributed by atoms with Crippen LogP contribution in [0.15, 0.2) is 24.2 Å². The fourth-order valence-corrected chi connectivity index (χ4v) is 4.46. The SMILES string of the molecule is [2H]c1c([2H])c(OC([2H])([2H])[2H])c2c3c1C[C@@]1([2H])N(C)CC[C@@]34C(O2)C([2H])(O)C=C[C@]41[2H]. The van der Waals surface area contributed by atoms with Gasteiger partial charge in [0.2, 0.25) is 0 Å². The highest BCUT2D eigenvalue weighted by atomic mass is 16.5. The Bertz CT molecular complexity index is 1010. The molecule has 1 aromatic carbocycles. The van der Waals surface area contributed by atoms with E-state index in [0.29, 0.717) is 17.7 Å². The van der Waals surface area contributed by atoms with Gasteiger partial charge < -0.3 is 19.5 Å². The van der Waals surface area contributed by atoms with Crippen LogP contribution in [0.4, 0.5) is 0 Å². The lowest BCUT2D eigenvalue weighted by Gasteiger charge is -2.56. The molecule has 1 fully saturated rings. The maximum atomic E-state index is 10.8. The van der Waals surface area contributed by atoms with Crippen LogP contribution in [0.25, 0.3) is 0 Å². The molecule has 5 atom stereocenters. The van der Waals surface area contributed by atoms with Crippen molar-refractivity contribution in [3.63, 3.8) is 0 Å². The number of likely N-dealkylation sites (tertiary alicyclic amines) is 1. The molecule has 0 amide bonds.